The molecule has 29 heavy (non-hydrogen) atoms. The summed E-state index contributed by atoms with van der Waals surface area (Å²) in [5.41, 5.74) is 3.91. The van der Waals surface area contributed by atoms with Crippen molar-refractivity contribution in [2.24, 2.45) is 0 Å². The van der Waals surface area contributed by atoms with Gasteiger partial charge in [0.05, 0.1) is 12.1 Å². The van der Waals surface area contributed by atoms with Gasteiger partial charge in [0.2, 0.25) is 0 Å². The first-order valence-electron chi connectivity index (χ1n) is 8.96. The maximum absolute atomic E-state index is 12.4. The van der Waals surface area contributed by atoms with Gasteiger partial charge in [-0.2, -0.15) is 8.42 Å². The number of halogens is 2. The summed E-state index contributed by atoms with van der Waals surface area (Å²) in [6.45, 7) is 1.90. The molecule has 0 aromatic heterocycles. The Morgan fingerprint density at radius 1 is 1.03 bits per heavy atom. The lowest BCUT2D eigenvalue weighted by Gasteiger charge is -2.17. The molecule has 0 amide bonds. The molecule has 0 fully saturated rings. The number of benzene rings is 3. The molecule has 1 atom stereocenters. The third-order valence-electron chi connectivity index (χ3n) is 5.00. The van der Waals surface area contributed by atoms with Crippen LogP contribution in [0.1, 0.15) is 22.8 Å². The molecule has 4 rings (SSSR count). The highest BCUT2D eigenvalue weighted by Gasteiger charge is 2.33. The summed E-state index contributed by atoms with van der Waals surface area (Å²) in [6, 6.07) is 16.2. The number of rotatable bonds is 4. The Bertz CT molecular complexity index is 1210. The summed E-state index contributed by atoms with van der Waals surface area (Å²) >= 11 is 12.9. The minimum atomic E-state index is -3.87. The van der Waals surface area contributed by atoms with Gasteiger partial charge in [0.25, 0.3) is 10.1 Å². The second-order valence-electron chi connectivity index (χ2n) is 6.86. The summed E-state index contributed by atoms with van der Waals surface area (Å²) in [7, 11) is -2.72. The number of hydrogen-bond acceptors (Lipinski definition) is 4. The summed E-state index contributed by atoms with van der Waals surface area (Å²) in [6.07, 6.45) is 0.0316. The van der Waals surface area contributed by atoms with Gasteiger partial charge in [-0.3, -0.25) is 4.18 Å². The Morgan fingerprint density at radius 2 is 1.79 bits per heavy atom. The molecule has 1 aliphatic heterocycles. The average Bonchev–Trinajstić information content (AvgIpc) is 3.13. The lowest BCUT2D eigenvalue weighted by atomic mass is 9.98. The zero-order valence-electron chi connectivity index (χ0n) is 15.8. The number of fused-ring (bicyclic) bond motifs is 1. The van der Waals surface area contributed by atoms with Crippen molar-refractivity contribution in [1.29, 1.82) is 0 Å². The second kappa shape index (κ2) is 7.65. The fourth-order valence-electron chi connectivity index (χ4n) is 3.61. The number of aryl methyl sites for hydroxylation is 1. The van der Waals surface area contributed by atoms with Gasteiger partial charge in [0.1, 0.15) is 16.7 Å². The summed E-state index contributed by atoms with van der Waals surface area (Å²) in [5.74, 6) is 0.623. The maximum Gasteiger partial charge on any atom is 0.297 e. The van der Waals surface area contributed by atoms with Crippen LogP contribution in [-0.4, -0.2) is 15.5 Å². The first kappa shape index (κ1) is 20.2. The van der Waals surface area contributed by atoms with Crippen molar-refractivity contribution >= 4 is 33.3 Å². The number of ether oxygens (including phenoxy) is 1. The van der Waals surface area contributed by atoms with Crippen LogP contribution in [0.2, 0.25) is 10.0 Å². The van der Waals surface area contributed by atoms with Gasteiger partial charge in [-0.1, -0.05) is 65.2 Å². The smallest absolute Gasteiger partial charge is 0.297 e. The highest BCUT2D eigenvalue weighted by Crippen LogP contribution is 2.48. The van der Waals surface area contributed by atoms with Crippen molar-refractivity contribution in [2.45, 2.75) is 24.3 Å². The van der Waals surface area contributed by atoms with Gasteiger partial charge in [0, 0.05) is 28.1 Å². The lowest BCUT2D eigenvalue weighted by molar-refractivity contribution is 0.235. The normalized spacial score (nSPS) is 15.8. The van der Waals surface area contributed by atoms with E-state index in [4.69, 9.17) is 32.1 Å². The van der Waals surface area contributed by atoms with Crippen LogP contribution in [0.25, 0.3) is 11.1 Å². The molecule has 7 heteroatoms. The van der Waals surface area contributed by atoms with Crippen LogP contribution in [0.3, 0.4) is 0 Å². The Labute approximate surface area is 180 Å². The van der Waals surface area contributed by atoms with Crippen LogP contribution in [0, 0.1) is 6.92 Å². The van der Waals surface area contributed by atoms with E-state index in [0.29, 0.717) is 33.3 Å². The topological polar surface area (TPSA) is 52.6 Å². The Kier molecular flexibility index (Phi) is 5.34. The molecule has 1 heterocycles. The third-order valence-corrected chi connectivity index (χ3v) is 6.99. The molecule has 0 N–H and O–H groups in total. The lowest BCUT2D eigenvalue weighted by Crippen LogP contribution is -2.12. The van der Waals surface area contributed by atoms with Crippen LogP contribution < -0.4 is 4.74 Å². The third kappa shape index (κ3) is 3.64. The predicted octanol–water partition coefficient (Wildman–Crippen LogP) is 5.98. The van der Waals surface area contributed by atoms with Crippen molar-refractivity contribution < 1.29 is 17.3 Å². The Balaban J connectivity index is 1.84. The highest BCUT2D eigenvalue weighted by molar-refractivity contribution is 7.86. The second-order valence-corrected chi connectivity index (χ2v) is 9.36. The van der Waals surface area contributed by atoms with Crippen molar-refractivity contribution in [2.75, 3.05) is 7.11 Å². The summed E-state index contributed by atoms with van der Waals surface area (Å²) < 4.78 is 35.9. The maximum atomic E-state index is 12.4. The fraction of sp³-hybridized carbons (Fsp3) is 0.182. The number of hydrogen-bond donors (Lipinski definition) is 0. The first-order valence-corrected chi connectivity index (χ1v) is 11.1. The summed E-state index contributed by atoms with van der Waals surface area (Å²) in [4.78, 5) is 0.105. The van der Waals surface area contributed by atoms with Crippen molar-refractivity contribution in [3.63, 3.8) is 0 Å². The molecule has 0 spiro atoms. The quantitative estimate of drug-likeness (QED) is 0.460. The average molecular weight is 449 g/mol. The van der Waals surface area contributed by atoms with Gasteiger partial charge in [-0.05, 0) is 30.7 Å². The molecular weight excluding hydrogens is 431 g/mol. The fourth-order valence-corrected chi connectivity index (χ4v) is 4.98. The van der Waals surface area contributed by atoms with Crippen LogP contribution in [-0.2, 0) is 20.7 Å². The van der Waals surface area contributed by atoms with E-state index in [2.05, 4.69) is 0 Å². The predicted molar refractivity (Wildman–Crippen MR) is 114 cm³/mol. The molecule has 0 saturated heterocycles. The molecule has 0 saturated carbocycles. The summed E-state index contributed by atoms with van der Waals surface area (Å²) in [5, 5.41) is 1.08. The minimum Gasteiger partial charge on any atom is -0.484 e. The van der Waals surface area contributed by atoms with E-state index in [1.54, 1.807) is 18.2 Å². The zero-order valence-corrected chi connectivity index (χ0v) is 18.1. The standard InChI is InChI=1S/C22H18Cl2O4S/c1-13-7-10-20(29(25,26)27-2)16(11-13)19-12-14-8-9-18(24)21(22(14)28-19)15-5-3-4-6-17(15)23/h3-11,19H,12H2,1-2H3. The largest absolute Gasteiger partial charge is 0.484 e. The minimum absolute atomic E-state index is 0.105. The molecule has 3 aromatic carbocycles. The molecule has 1 unspecified atom stereocenters. The van der Waals surface area contributed by atoms with Crippen LogP contribution in [0.4, 0.5) is 0 Å². The monoisotopic (exact) mass is 448 g/mol. The van der Waals surface area contributed by atoms with E-state index in [1.807, 2.05) is 43.3 Å². The van der Waals surface area contributed by atoms with E-state index in [1.165, 1.54) is 0 Å². The molecule has 3 aromatic rings. The van der Waals surface area contributed by atoms with Crippen molar-refractivity contribution in [3.05, 3.63) is 81.3 Å². The van der Waals surface area contributed by atoms with E-state index >= 15 is 0 Å². The van der Waals surface area contributed by atoms with Gasteiger partial charge < -0.3 is 4.74 Å². The molecule has 4 nitrogen and oxygen atoms in total. The van der Waals surface area contributed by atoms with E-state index in [0.717, 1.165) is 23.8 Å². The first-order chi connectivity index (χ1) is 13.8. The molecule has 0 radical (unpaired) electrons. The molecule has 0 bridgehead atoms. The van der Waals surface area contributed by atoms with Gasteiger partial charge in [-0.25, -0.2) is 0 Å². The highest BCUT2D eigenvalue weighted by atomic mass is 35.5. The van der Waals surface area contributed by atoms with Gasteiger partial charge in [0.15, 0.2) is 0 Å². The van der Waals surface area contributed by atoms with Crippen LogP contribution >= 0.6 is 23.2 Å². The van der Waals surface area contributed by atoms with E-state index in [-0.39, 0.29) is 4.90 Å². The molecule has 1 aliphatic rings. The zero-order chi connectivity index (χ0) is 20.8. The van der Waals surface area contributed by atoms with E-state index in [9.17, 15) is 8.42 Å². The van der Waals surface area contributed by atoms with Crippen LogP contribution in [0.15, 0.2) is 59.5 Å². The van der Waals surface area contributed by atoms with Gasteiger partial charge >= 0.3 is 0 Å². The SMILES string of the molecule is COS(=O)(=O)c1ccc(C)cc1C1Cc2ccc(Cl)c(-c3ccccc3Cl)c2O1. The molecule has 150 valence electrons. The van der Waals surface area contributed by atoms with Crippen molar-refractivity contribution in [1.82, 2.24) is 0 Å². The van der Waals surface area contributed by atoms with Crippen molar-refractivity contribution in [3.8, 4) is 16.9 Å². The van der Waals surface area contributed by atoms with E-state index < -0.39 is 16.2 Å². The Morgan fingerprint density at radius 3 is 2.52 bits per heavy atom. The molecular formula is C22H18Cl2O4S. The Hall–Kier alpha value is -2.05. The molecule has 0 aliphatic carbocycles. The van der Waals surface area contributed by atoms with Crippen LogP contribution in [0.5, 0.6) is 5.75 Å². The van der Waals surface area contributed by atoms with Gasteiger partial charge in [-0.15, -0.1) is 0 Å².